The van der Waals surface area contributed by atoms with Crippen LogP contribution in [0.25, 0.3) is 10.9 Å². The van der Waals surface area contributed by atoms with Crippen molar-refractivity contribution in [2.45, 2.75) is 25.1 Å². The Balaban J connectivity index is 1.60. The molecule has 2 fully saturated rings. The van der Waals surface area contributed by atoms with Gasteiger partial charge < -0.3 is 9.08 Å². The van der Waals surface area contributed by atoms with Gasteiger partial charge in [-0.05, 0) is 59.9 Å². The molecule has 2 aliphatic rings. The van der Waals surface area contributed by atoms with Crippen LogP contribution in [-0.4, -0.2) is 35.2 Å². The van der Waals surface area contributed by atoms with Crippen LogP contribution in [0.3, 0.4) is 0 Å². The Kier molecular flexibility index (Phi) is 5.03. The highest BCUT2D eigenvalue weighted by molar-refractivity contribution is 8.46. The number of para-hydroxylation sites is 2. The number of pyridine rings is 1. The summed E-state index contributed by atoms with van der Waals surface area (Å²) in [5.74, 6) is 0.423. The number of anilines is 2. The lowest BCUT2D eigenvalue weighted by Gasteiger charge is -2.41. The fourth-order valence-electron chi connectivity index (χ4n) is 4.76. The zero-order valence-corrected chi connectivity index (χ0v) is 19.0. The molecule has 0 spiro atoms. The molecule has 2 aliphatic heterocycles. The van der Waals surface area contributed by atoms with E-state index in [4.69, 9.17) is 9.17 Å². The van der Waals surface area contributed by atoms with Gasteiger partial charge in [-0.1, -0.05) is 43.0 Å². The lowest BCUT2D eigenvalue weighted by molar-refractivity contribution is -0.113. The van der Waals surface area contributed by atoms with Crippen LogP contribution in [0.4, 0.5) is 16.3 Å². The number of benzene rings is 2. The van der Waals surface area contributed by atoms with Crippen molar-refractivity contribution in [3.63, 3.8) is 0 Å². The molecule has 6 nitrogen and oxygen atoms in total. The van der Waals surface area contributed by atoms with Gasteiger partial charge in [0.25, 0.3) is 5.91 Å². The Bertz CT molecular complexity index is 1250. The van der Waals surface area contributed by atoms with E-state index in [1.54, 1.807) is 12.1 Å². The Labute approximate surface area is 189 Å². The molecule has 2 aromatic carbocycles. The zero-order valence-electron chi connectivity index (χ0n) is 18.2. The van der Waals surface area contributed by atoms with Crippen LogP contribution in [0.5, 0.6) is 0 Å². The van der Waals surface area contributed by atoms with Gasteiger partial charge in [-0.15, -0.1) is 0 Å². The topological polar surface area (TPSA) is 62.7 Å². The molecule has 1 aromatic heterocycles. The number of fused-ring (bicyclic) bond motifs is 1. The van der Waals surface area contributed by atoms with Gasteiger partial charge in [-0.2, -0.15) is 0 Å². The first kappa shape index (κ1) is 20.7. The van der Waals surface area contributed by atoms with Gasteiger partial charge in [0, 0.05) is 19.0 Å². The average Bonchev–Trinajstić information content (AvgIpc) is 3.37. The van der Waals surface area contributed by atoms with Crippen LogP contribution in [0.1, 0.15) is 18.4 Å². The van der Waals surface area contributed by atoms with Crippen molar-refractivity contribution in [1.29, 1.82) is 0 Å². The molecule has 32 heavy (non-hydrogen) atoms. The Hall–Kier alpha value is -3.16. The van der Waals surface area contributed by atoms with Gasteiger partial charge in [0.05, 0.1) is 21.5 Å². The number of amides is 2. The molecule has 0 bridgehead atoms. The van der Waals surface area contributed by atoms with Crippen molar-refractivity contribution in [3.8, 4) is 0 Å². The first-order chi connectivity index (χ1) is 15.5. The number of hydrogen-bond acceptors (Lipinski definition) is 5. The minimum absolute atomic E-state index is 0.253. The second kappa shape index (κ2) is 7.76. The second-order valence-corrected chi connectivity index (χ2v) is 11.0. The molecule has 0 aliphatic carbocycles. The molecule has 5 rings (SSSR count). The molecule has 0 N–H and O–H groups in total. The number of rotatable bonds is 4. The molecule has 2 amide bonds. The van der Waals surface area contributed by atoms with Crippen molar-refractivity contribution in [2.24, 2.45) is 0 Å². The first-order valence-corrected chi connectivity index (χ1v) is 12.2. The van der Waals surface area contributed by atoms with Crippen molar-refractivity contribution in [3.05, 3.63) is 77.7 Å². The number of nitrogens with zero attached hydrogens (tertiary/aromatic N) is 3. The summed E-state index contributed by atoms with van der Waals surface area (Å²) in [5, 5.41) is 0.501. The molecule has 1 unspecified atom stereocenters. The SMILES string of the molecule is C=C1C(=O)N(c2ccccc2)C(=O)S1(OC)[C@H]1CCCN1c1cc(C)c2ccccc2n1. The fraction of sp³-hybridized carbons (Fsp3) is 0.240. The largest absolute Gasteiger partial charge is 0.343 e. The third-order valence-electron chi connectivity index (χ3n) is 6.31. The van der Waals surface area contributed by atoms with Crippen LogP contribution < -0.4 is 9.80 Å². The maximum absolute atomic E-state index is 13.8. The van der Waals surface area contributed by atoms with Gasteiger partial charge in [-0.25, -0.2) is 9.88 Å². The minimum atomic E-state index is -2.62. The summed E-state index contributed by atoms with van der Waals surface area (Å²) in [4.78, 5) is 35.6. The van der Waals surface area contributed by atoms with Gasteiger partial charge in [0.1, 0.15) is 5.82 Å². The summed E-state index contributed by atoms with van der Waals surface area (Å²) in [6.45, 7) is 6.89. The van der Waals surface area contributed by atoms with Crippen molar-refractivity contribution >= 4 is 43.9 Å². The summed E-state index contributed by atoms with van der Waals surface area (Å²) < 4.78 is 6.00. The quantitative estimate of drug-likeness (QED) is 0.493. The van der Waals surface area contributed by atoms with E-state index in [9.17, 15) is 9.59 Å². The number of carbonyl (C=O) groups is 2. The molecule has 3 aromatic rings. The highest BCUT2D eigenvalue weighted by Crippen LogP contribution is 2.68. The molecule has 0 saturated carbocycles. The highest BCUT2D eigenvalue weighted by Gasteiger charge is 2.59. The molecule has 3 heterocycles. The van der Waals surface area contributed by atoms with Gasteiger partial charge in [0.15, 0.2) is 0 Å². The number of imide groups is 1. The third-order valence-corrected chi connectivity index (χ3v) is 9.70. The third kappa shape index (κ3) is 2.88. The lowest BCUT2D eigenvalue weighted by Crippen LogP contribution is -2.38. The van der Waals surface area contributed by atoms with Crippen LogP contribution in [0.15, 0.2) is 72.1 Å². The Morgan fingerprint density at radius 1 is 1.09 bits per heavy atom. The van der Waals surface area contributed by atoms with Gasteiger partial charge in [0.2, 0.25) is 0 Å². The van der Waals surface area contributed by atoms with Gasteiger partial charge >= 0.3 is 5.24 Å². The van der Waals surface area contributed by atoms with Crippen LogP contribution in [-0.2, 0) is 8.98 Å². The lowest BCUT2D eigenvalue weighted by atomic mass is 10.1. The van der Waals surface area contributed by atoms with E-state index < -0.39 is 10.3 Å². The van der Waals surface area contributed by atoms with Gasteiger partial charge in [-0.3, -0.25) is 9.59 Å². The van der Waals surface area contributed by atoms with Crippen molar-refractivity contribution in [2.75, 3.05) is 23.5 Å². The average molecular weight is 448 g/mol. The van der Waals surface area contributed by atoms with Crippen LogP contribution in [0, 0.1) is 6.92 Å². The monoisotopic (exact) mass is 447 g/mol. The predicted octanol–water partition coefficient (Wildman–Crippen LogP) is 5.52. The zero-order chi connectivity index (χ0) is 22.5. The summed E-state index contributed by atoms with van der Waals surface area (Å²) in [6.07, 6.45) is 1.62. The smallest absolute Gasteiger partial charge is 0.304 e. The fourth-order valence-corrected chi connectivity index (χ4v) is 7.98. The summed E-state index contributed by atoms with van der Waals surface area (Å²) in [7, 11) is -1.09. The minimum Gasteiger partial charge on any atom is -0.343 e. The molecule has 164 valence electrons. The number of carbonyl (C=O) groups excluding carboxylic acids is 2. The van der Waals surface area contributed by atoms with Crippen LogP contribution in [0.2, 0.25) is 0 Å². The first-order valence-electron chi connectivity index (χ1n) is 10.6. The number of hydrogen-bond donors (Lipinski definition) is 0. The normalized spacial score (nSPS) is 25.6. The Morgan fingerprint density at radius 2 is 1.81 bits per heavy atom. The van der Waals surface area contributed by atoms with E-state index in [0.717, 1.165) is 41.7 Å². The van der Waals surface area contributed by atoms with E-state index in [1.807, 2.05) is 36.4 Å². The second-order valence-electron chi connectivity index (χ2n) is 8.04. The standard InChI is InChI=1S/C25H25N3O3S/c1-17-16-22(26-21-13-8-7-12-20(17)21)27-15-9-14-23(27)32(31-3)18(2)24(29)28(25(32)30)19-10-5-4-6-11-19/h4-8,10-13,16,23H,2,9,14-15H2,1,3H3/t23-/m0/s1. The maximum atomic E-state index is 13.8. The van der Waals surface area contributed by atoms with Crippen molar-refractivity contribution < 1.29 is 13.8 Å². The summed E-state index contributed by atoms with van der Waals surface area (Å²) >= 11 is 0. The van der Waals surface area contributed by atoms with Crippen molar-refractivity contribution in [1.82, 2.24) is 4.98 Å². The molecular formula is C25H25N3O3S. The maximum Gasteiger partial charge on any atom is 0.304 e. The van der Waals surface area contributed by atoms with E-state index in [1.165, 1.54) is 12.0 Å². The number of aryl methyl sites for hydroxylation is 1. The van der Waals surface area contributed by atoms with Crippen LogP contribution >= 0.6 is 10.3 Å². The highest BCUT2D eigenvalue weighted by atomic mass is 32.3. The molecule has 2 saturated heterocycles. The van der Waals surface area contributed by atoms with E-state index >= 15 is 0 Å². The number of aromatic nitrogens is 1. The predicted molar refractivity (Wildman–Crippen MR) is 130 cm³/mol. The van der Waals surface area contributed by atoms with E-state index in [0.29, 0.717) is 5.69 Å². The Morgan fingerprint density at radius 3 is 2.56 bits per heavy atom. The molecular weight excluding hydrogens is 422 g/mol. The van der Waals surface area contributed by atoms with E-state index in [2.05, 4.69) is 30.5 Å². The summed E-state index contributed by atoms with van der Waals surface area (Å²) in [6, 6.07) is 19.1. The summed E-state index contributed by atoms with van der Waals surface area (Å²) in [5.41, 5.74) is 2.57. The molecule has 7 heteroatoms. The van der Waals surface area contributed by atoms with E-state index in [-0.39, 0.29) is 21.4 Å². The molecule has 2 atom stereocenters. The molecule has 0 radical (unpaired) electrons.